The molecule has 2 unspecified atom stereocenters. The van der Waals surface area contributed by atoms with E-state index in [1.54, 1.807) is 0 Å². The summed E-state index contributed by atoms with van der Waals surface area (Å²) in [5, 5.41) is 4.35. The molecule has 1 aromatic carbocycles. The van der Waals surface area contributed by atoms with E-state index in [2.05, 4.69) is 34.5 Å². The summed E-state index contributed by atoms with van der Waals surface area (Å²) in [5.41, 5.74) is 1.31. The molecule has 0 N–H and O–H groups in total. The molecule has 0 spiro atoms. The lowest BCUT2D eigenvalue weighted by atomic mass is 10.1. The Hall–Kier alpha value is -0.940. The molecule has 3 rings (SSSR count). The molecule has 0 amide bonds. The van der Waals surface area contributed by atoms with Gasteiger partial charge in [0, 0.05) is 32.6 Å². The minimum atomic E-state index is 0.127. The van der Waals surface area contributed by atoms with Crippen LogP contribution in [0.4, 0.5) is 0 Å². The van der Waals surface area contributed by atoms with Gasteiger partial charge in [-0.05, 0) is 5.56 Å². The van der Waals surface area contributed by atoms with Crippen molar-refractivity contribution >= 4 is 0 Å². The van der Waals surface area contributed by atoms with Crippen molar-refractivity contribution in [3.63, 3.8) is 0 Å². The zero-order chi connectivity index (χ0) is 12.9. The van der Waals surface area contributed by atoms with Crippen LogP contribution in [0.3, 0.4) is 0 Å². The summed E-state index contributed by atoms with van der Waals surface area (Å²) in [7, 11) is 0. The predicted molar refractivity (Wildman–Crippen MR) is 73.1 cm³/mol. The molecular weight excluding hydrogens is 240 g/mol. The Balaban J connectivity index is 1.46. The zero-order valence-electron chi connectivity index (χ0n) is 11.2. The topological polar surface area (TPSA) is 35.8 Å². The first-order chi connectivity index (χ1) is 9.42. The lowest BCUT2D eigenvalue weighted by molar-refractivity contribution is -0.186. The summed E-state index contributed by atoms with van der Waals surface area (Å²) >= 11 is 0. The van der Waals surface area contributed by atoms with E-state index in [9.17, 15) is 0 Å². The molecule has 2 atom stereocenters. The molecule has 103 valence electrons. The van der Waals surface area contributed by atoms with Crippen molar-refractivity contribution in [3.05, 3.63) is 35.9 Å². The Kier molecular flexibility index (Phi) is 4.45. The smallest absolute Gasteiger partial charge is 0.134 e. The van der Waals surface area contributed by atoms with Crippen molar-refractivity contribution in [2.45, 2.75) is 18.8 Å². The van der Waals surface area contributed by atoms with Crippen molar-refractivity contribution < 1.29 is 9.47 Å². The van der Waals surface area contributed by atoms with Crippen molar-refractivity contribution in [3.8, 4) is 0 Å². The summed E-state index contributed by atoms with van der Waals surface area (Å²) in [6, 6.07) is 10.5. The van der Waals surface area contributed by atoms with Gasteiger partial charge in [-0.2, -0.15) is 0 Å². The van der Waals surface area contributed by atoms with Gasteiger partial charge in [0.05, 0.1) is 19.3 Å². The van der Waals surface area contributed by atoms with E-state index >= 15 is 0 Å². The van der Waals surface area contributed by atoms with Gasteiger partial charge >= 0.3 is 0 Å². The van der Waals surface area contributed by atoms with Crippen LogP contribution >= 0.6 is 0 Å². The van der Waals surface area contributed by atoms with Gasteiger partial charge in [0.25, 0.3) is 0 Å². The minimum absolute atomic E-state index is 0.127. The molecule has 0 aliphatic carbocycles. The number of hydrogen-bond acceptors (Lipinski definition) is 3. The largest absolute Gasteiger partial charge is 0.371 e. The zero-order valence-corrected chi connectivity index (χ0v) is 11.2. The van der Waals surface area contributed by atoms with E-state index in [0.29, 0.717) is 13.2 Å². The Labute approximate surface area is 114 Å². The van der Waals surface area contributed by atoms with Crippen LogP contribution in [0.25, 0.3) is 0 Å². The molecule has 4 nitrogen and oxygen atoms in total. The van der Waals surface area contributed by atoms with Crippen LogP contribution in [0, 0.1) is 0 Å². The highest BCUT2D eigenvalue weighted by Crippen LogP contribution is 2.15. The first-order valence-electron chi connectivity index (χ1n) is 7.06. The quantitative estimate of drug-likeness (QED) is 0.810. The Bertz CT molecular complexity index is 371. The number of piperazine rings is 1. The third kappa shape index (κ3) is 3.54. The van der Waals surface area contributed by atoms with Gasteiger partial charge in [-0.1, -0.05) is 30.3 Å². The molecular formula is C15H21N2O2. The first-order valence-corrected chi connectivity index (χ1v) is 7.06. The molecule has 1 radical (unpaired) electrons. The average molecular weight is 261 g/mol. The minimum Gasteiger partial charge on any atom is -0.371 e. The van der Waals surface area contributed by atoms with Crippen LogP contribution in [0.1, 0.15) is 5.56 Å². The Morgan fingerprint density at radius 3 is 2.53 bits per heavy atom. The van der Waals surface area contributed by atoms with E-state index in [4.69, 9.17) is 9.47 Å². The summed E-state index contributed by atoms with van der Waals surface area (Å²) in [5.74, 6) is 0. The van der Waals surface area contributed by atoms with Gasteiger partial charge in [0.2, 0.25) is 0 Å². The summed E-state index contributed by atoms with van der Waals surface area (Å²) in [6.07, 6.45) is 1.25. The molecule has 0 bridgehead atoms. The molecule has 0 aromatic heterocycles. The molecule has 2 fully saturated rings. The molecule has 19 heavy (non-hydrogen) atoms. The van der Waals surface area contributed by atoms with E-state index < -0.39 is 0 Å². The summed E-state index contributed by atoms with van der Waals surface area (Å²) < 4.78 is 11.9. The van der Waals surface area contributed by atoms with Crippen LogP contribution in [0.15, 0.2) is 30.3 Å². The third-order valence-corrected chi connectivity index (χ3v) is 3.75. The fraction of sp³-hybridized carbons (Fsp3) is 0.600. The van der Waals surface area contributed by atoms with Gasteiger partial charge in [0.1, 0.15) is 6.23 Å². The fourth-order valence-corrected chi connectivity index (χ4v) is 2.65. The van der Waals surface area contributed by atoms with Crippen molar-refractivity contribution in [1.29, 1.82) is 0 Å². The molecule has 2 aliphatic heterocycles. The SMILES string of the molecule is c1ccc(CC2COC(N3CC[N]CC3)CO2)cc1. The number of nitrogens with zero attached hydrogens (tertiary/aromatic N) is 2. The second-order valence-electron chi connectivity index (χ2n) is 5.14. The van der Waals surface area contributed by atoms with Crippen molar-refractivity contribution in [2.75, 3.05) is 39.4 Å². The molecule has 4 heteroatoms. The first kappa shape index (κ1) is 13.1. The second kappa shape index (κ2) is 6.48. The lowest BCUT2D eigenvalue weighted by Crippen LogP contribution is -2.52. The van der Waals surface area contributed by atoms with Crippen LogP contribution in [-0.4, -0.2) is 56.6 Å². The predicted octanol–water partition coefficient (Wildman–Crippen LogP) is 0.891. The maximum absolute atomic E-state index is 5.96. The molecule has 0 saturated carbocycles. The van der Waals surface area contributed by atoms with Crippen LogP contribution in [0.5, 0.6) is 0 Å². The van der Waals surface area contributed by atoms with Crippen LogP contribution < -0.4 is 5.32 Å². The van der Waals surface area contributed by atoms with Crippen LogP contribution in [0.2, 0.25) is 0 Å². The van der Waals surface area contributed by atoms with Gasteiger partial charge in [-0.25, -0.2) is 5.32 Å². The molecule has 2 aliphatic rings. The highest BCUT2D eigenvalue weighted by molar-refractivity contribution is 5.15. The Morgan fingerprint density at radius 2 is 1.84 bits per heavy atom. The summed E-state index contributed by atoms with van der Waals surface area (Å²) in [4.78, 5) is 2.34. The molecule has 1 aromatic rings. The highest BCUT2D eigenvalue weighted by atomic mass is 16.6. The fourth-order valence-electron chi connectivity index (χ4n) is 2.65. The molecule has 2 saturated heterocycles. The lowest BCUT2D eigenvalue weighted by Gasteiger charge is -2.38. The number of ether oxygens (including phenoxy) is 2. The van der Waals surface area contributed by atoms with Gasteiger partial charge in [-0.15, -0.1) is 0 Å². The number of hydrogen-bond donors (Lipinski definition) is 0. The van der Waals surface area contributed by atoms with E-state index in [-0.39, 0.29) is 12.3 Å². The van der Waals surface area contributed by atoms with Gasteiger partial charge in [-0.3, -0.25) is 4.90 Å². The standard InChI is InChI=1S/C15H21N2O2/c1-2-4-13(5-3-1)10-14-11-19-15(12-18-14)17-8-6-16-7-9-17/h1-5,14-15H,6-12H2. The number of rotatable bonds is 3. The van der Waals surface area contributed by atoms with Crippen molar-refractivity contribution in [2.24, 2.45) is 0 Å². The normalized spacial score (nSPS) is 29.3. The highest BCUT2D eigenvalue weighted by Gasteiger charge is 2.28. The molecule has 2 heterocycles. The van der Waals surface area contributed by atoms with Gasteiger partial charge < -0.3 is 9.47 Å². The van der Waals surface area contributed by atoms with Crippen LogP contribution in [-0.2, 0) is 15.9 Å². The maximum atomic E-state index is 5.96. The third-order valence-electron chi connectivity index (χ3n) is 3.75. The van der Waals surface area contributed by atoms with E-state index in [1.165, 1.54) is 5.56 Å². The average Bonchev–Trinajstić information content (AvgIpc) is 2.50. The second-order valence-corrected chi connectivity index (χ2v) is 5.14. The van der Waals surface area contributed by atoms with E-state index in [1.807, 2.05) is 6.07 Å². The summed E-state index contributed by atoms with van der Waals surface area (Å²) in [6.45, 7) is 5.21. The van der Waals surface area contributed by atoms with E-state index in [0.717, 1.165) is 32.6 Å². The monoisotopic (exact) mass is 261 g/mol. The van der Waals surface area contributed by atoms with Gasteiger partial charge in [0.15, 0.2) is 0 Å². The Morgan fingerprint density at radius 1 is 1.05 bits per heavy atom. The van der Waals surface area contributed by atoms with Crippen molar-refractivity contribution in [1.82, 2.24) is 10.2 Å². The number of benzene rings is 1. The maximum Gasteiger partial charge on any atom is 0.134 e.